The van der Waals surface area contributed by atoms with E-state index in [1.54, 1.807) is 0 Å². The summed E-state index contributed by atoms with van der Waals surface area (Å²) in [6.07, 6.45) is 0. The molecular formula is C4H14N2O+2. The molecule has 0 aromatic heterocycles. The number of nitrogens with two attached hydrogens (primary N) is 1. The van der Waals surface area contributed by atoms with E-state index in [-0.39, 0.29) is 6.61 Å². The molecule has 0 aliphatic carbocycles. The van der Waals surface area contributed by atoms with Crippen molar-refractivity contribution in [2.75, 3.05) is 26.2 Å². The third-order valence-corrected chi connectivity index (χ3v) is 0.741. The van der Waals surface area contributed by atoms with Crippen LogP contribution in [0.5, 0.6) is 0 Å². The van der Waals surface area contributed by atoms with Crippen molar-refractivity contribution < 1.29 is 16.2 Å². The lowest BCUT2D eigenvalue weighted by Crippen LogP contribution is -2.88. The van der Waals surface area contributed by atoms with Gasteiger partial charge < -0.3 is 16.2 Å². The van der Waals surface area contributed by atoms with Gasteiger partial charge in [0.15, 0.2) is 0 Å². The number of aliphatic hydroxyl groups excluding tert-OH is 1. The van der Waals surface area contributed by atoms with Crippen LogP contribution in [-0.4, -0.2) is 31.3 Å². The summed E-state index contributed by atoms with van der Waals surface area (Å²) in [6.45, 7) is 3.07. The second-order valence-corrected chi connectivity index (χ2v) is 1.44. The minimum absolute atomic E-state index is 0.278. The van der Waals surface area contributed by atoms with Crippen molar-refractivity contribution in [2.45, 2.75) is 0 Å². The van der Waals surface area contributed by atoms with E-state index < -0.39 is 0 Å². The van der Waals surface area contributed by atoms with Crippen LogP contribution in [-0.2, 0) is 0 Å². The van der Waals surface area contributed by atoms with Crippen molar-refractivity contribution in [3.8, 4) is 0 Å². The summed E-state index contributed by atoms with van der Waals surface area (Å²) in [5, 5.41) is 10.3. The highest BCUT2D eigenvalue weighted by Crippen LogP contribution is 1.36. The lowest BCUT2D eigenvalue weighted by molar-refractivity contribution is -0.670. The van der Waals surface area contributed by atoms with Crippen LogP contribution in [0, 0.1) is 0 Å². The zero-order valence-corrected chi connectivity index (χ0v) is 4.56. The van der Waals surface area contributed by atoms with Crippen molar-refractivity contribution in [2.24, 2.45) is 0 Å². The molecule has 0 aliphatic rings. The molecule has 0 saturated heterocycles. The lowest BCUT2D eigenvalue weighted by Gasteiger charge is -1.90. The molecule has 0 saturated carbocycles. The number of hydrogen-bond acceptors (Lipinski definition) is 1. The standard InChI is InChI=1S/C4H12N2O/c5-1-2-6-3-4-7/h6-7H,1-5H2/p+2. The van der Waals surface area contributed by atoms with Crippen LogP contribution < -0.4 is 11.1 Å². The summed E-state index contributed by atoms with van der Waals surface area (Å²) in [4.78, 5) is 0. The van der Waals surface area contributed by atoms with Gasteiger partial charge in [0, 0.05) is 0 Å². The fourth-order valence-corrected chi connectivity index (χ4v) is 0.380. The monoisotopic (exact) mass is 106 g/mol. The molecule has 44 valence electrons. The van der Waals surface area contributed by atoms with Crippen molar-refractivity contribution >= 4 is 0 Å². The molecule has 6 N–H and O–H groups in total. The van der Waals surface area contributed by atoms with Crippen LogP contribution in [0.25, 0.3) is 0 Å². The van der Waals surface area contributed by atoms with Gasteiger partial charge in [0.25, 0.3) is 0 Å². The molecule has 0 bridgehead atoms. The molecule has 0 heterocycles. The number of rotatable bonds is 4. The molecule has 0 aromatic rings. The van der Waals surface area contributed by atoms with Gasteiger partial charge in [-0.15, -0.1) is 0 Å². The maximum atomic E-state index is 8.24. The second-order valence-electron chi connectivity index (χ2n) is 1.44. The average molecular weight is 106 g/mol. The topological polar surface area (TPSA) is 64.5 Å². The summed E-state index contributed by atoms with van der Waals surface area (Å²) >= 11 is 0. The molecule has 0 rings (SSSR count). The second kappa shape index (κ2) is 5.88. The van der Waals surface area contributed by atoms with Crippen LogP contribution in [0.15, 0.2) is 0 Å². The highest BCUT2D eigenvalue weighted by Gasteiger charge is 1.83. The zero-order chi connectivity index (χ0) is 5.54. The molecule has 0 radical (unpaired) electrons. The third kappa shape index (κ3) is 5.88. The summed E-state index contributed by atoms with van der Waals surface area (Å²) in [7, 11) is 0. The van der Waals surface area contributed by atoms with Gasteiger partial charge in [-0.05, 0) is 0 Å². The Labute approximate surface area is 43.5 Å². The summed E-state index contributed by atoms with van der Waals surface area (Å²) in [5.41, 5.74) is 3.64. The van der Waals surface area contributed by atoms with Gasteiger partial charge in [-0.3, -0.25) is 0 Å². The Morgan fingerprint density at radius 2 is 2.14 bits per heavy atom. The molecule has 3 heteroatoms. The third-order valence-electron chi connectivity index (χ3n) is 0.741. The van der Waals surface area contributed by atoms with Gasteiger partial charge in [0.05, 0.1) is 13.2 Å². The van der Waals surface area contributed by atoms with Crippen LogP contribution >= 0.6 is 0 Å². The Morgan fingerprint density at radius 3 is 2.57 bits per heavy atom. The molecule has 0 fully saturated rings. The Kier molecular flexibility index (Phi) is 5.78. The Morgan fingerprint density at radius 1 is 1.43 bits per heavy atom. The summed E-state index contributed by atoms with van der Waals surface area (Å²) in [5.74, 6) is 0. The van der Waals surface area contributed by atoms with E-state index in [4.69, 9.17) is 5.11 Å². The normalized spacial score (nSPS) is 9.43. The molecule has 0 spiro atoms. The fourth-order valence-electron chi connectivity index (χ4n) is 0.380. The van der Waals surface area contributed by atoms with Gasteiger partial charge in [0.2, 0.25) is 0 Å². The minimum Gasteiger partial charge on any atom is -0.391 e. The summed E-state index contributed by atoms with van der Waals surface area (Å²) < 4.78 is 0. The predicted octanol–water partition coefficient (Wildman–Crippen LogP) is -3.22. The lowest BCUT2D eigenvalue weighted by atomic mass is 10.6. The van der Waals surface area contributed by atoms with Crippen molar-refractivity contribution in [3.05, 3.63) is 0 Å². The molecule has 0 atom stereocenters. The van der Waals surface area contributed by atoms with E-state index in [2.05, 4.69) is 5.73 Å². The first-order chi connectivity index (χ1) is 3.41. The summed E-state index contributed by atoms with van der Waals surface area (Å²) in [6, 6.07) is 0. The smallest absolute Gasteiger partial charge is 0.125 e. The first kappa shape index (κ1) is 6.88. The van der Waals surface area contributed by atoms with Gasteiger partial charge in [-0.2, -0.15) is 0 Å². The highest BCUT2D eigenvalue weighted by molar-refractivity contribution is 4.14. The zero-order valence-electron chi connectivity index (χ0n) is 4.56. The van der Waals surface area contributed by atoms with Crippen molar-refractivity contribution in [1.29, 1.82) is 0 Å². The molecule has 7 heavy (non-hydrogen) atoms. The van der Waals surface area contributed by atoms with E-state index in [1.807, 2.05) is 5.32 Å². The van der Waals surface area contributed by atoms with E-state index in [0.717, 1.165) is 19.6 Å². The van der Waals surface area contributed by atoms with E-state index >= 15 is 0 Å². The molecular weight excluding hydrogens is 92.1 g/mol. The maximum absolute atomic E-state index is 8.24. The largest absolute Gasteiger partial charge is 0.391 e. The molecule has 0 amide bonds. The predicted molar refractivity (Wildman–Crippen MR) is 26.5 cm³/mol. The van der Waals surface area contributed by atoms with Crippen molar-refractivity contribution in [3.63, 3.8) is 0 Å². The van der Waals surface area contributed by atoms with E-state index in [1.165, 1.54) is 0 Å². The van der Waals surface area contributed by atoms with Gasteiger partial charge >= 0.3 is 0 Å². The molecule has 0 unspecified atom stereocenters. The Hall–Kier alpha value is -0.120. The molecule has 0 aromatic carbocycles. The van der Waals surface area contributed by atoms with Gasteiger partial charge in [-0.25, -0.2) is 0 Å². The Balaban J connectivity index is 2.45. The fraction of sp³-hybridized carbons (Fsp3) is 1.00. The minimum atomic E-state index is 0.278. The van der Waals surface area contributed by atoms with Gasteiger partial charge in [0.1, 0.15) is 13.1 Å². The molecule has 3 nitrogen and oxygen atoms in total. The number of hydrogen-bond donors (Lipinski definition) is 3. The quantitative estimate of drug-likeness (QED) is 0.324. The highest BCUT2D eigenvalue weighted by atomic mass is 16.3. The van der Waals surface area contributed by atoms with Crippen LogP contribution in [0.2, 0.25) is 0 Å². The number of aliphatic hydroxyl groups is 1. The van der Waals surface area contributed by atoms with Crippen molar-refractivity contribution in [1.82, 2.24) is 0 Å². The van der Waals surface area contributed by atoms with E-state index in [0.29, 0.717) is 0 Å². The van der Waals surface area contributed by atoms with Crippen LogP contribution in [0.4, 0.5) is 0 Å². The first-order valence-electron chi connectivity index (χ1n) is 2.63. The van der Waals surface area contributed by atoms with E-state index in [9.17, 15) is 0 Å². The van der Waals surface area contributed by atoms with Crippen LogP contribution in [0.3, 0.4) is 0 Å². The first-order valence-corrected chi connectivity index (χ1v) is 2.63. The maximum Gasteiger partial charge on any atom is 0.125 e. The SMILES string of the molecule is [NH3+]CC[NH2+]CCO. The van der Waals surface area contributed by atoms with Crippen LogP contribution in [0.1, 0.15) is 0 Å². The molecule has 0 aliphatic heterocycles. The Bertz CT molecular complexity index is 28.9. The average Bonchev–Trinajstić information content (AvgIpc) is 1.69. The van der Waals surface area contributed by atoms with Gasteiger partial charge in [-0.1, -0.05) is 0 Å². The number of quaternary nitrogens is 2.